The number of carbonyl (C=O) groups is 3. The van der Waals surface area contributed by atoms with Gasteiger partial charge >= 0.3 is 6.03 Å². The van der Waals surface area contributed by atoms with Crippen LogP contribution < -0.4 is 19.7 Å². The molecule has 196 valence electrons. The van der Waals surface area contributed by atoms with Crippen molar-refractivity contribution in [2.75, 3.05) is 12.0 Å². The zero-order valence-electron chi connectivity index (χ0n) is 21.0. The number of urea groups is 1. The lowest BCUT2D eigenvalue weighted by Gasteiger charge is -2.27. The molecule has 1 N–H and O–H groups in total. The Bertz CT molecular complexity index is 1680. The lowest BCUT2D eigenvalue weighted by molar-refractivity contribution is -0.122. The van der Waals surface area contributed by atoms with Crippen molar-refractivity contribution >= 4 is 67.9 Å². The van der Waals surface area contributed by atoms with E-state index >= 15 is 0 Å². The zero-order valence-corrected chi connectivity index (χ0v) is 23.3. The molecule has 0 saturated carbocycles. The first-order chi connectivity index (χ1) is 18.8. The molecule has 4 amide bonds. The predicted molar refractivity (Wildman–Crippen MR) is 154 cm³/mol. The average Bonchev–Trinajstić information content (AvgIpc) is 2.92. The summed E-state index contributed by atoms with van der Waals surface area (Å²) in [6, 6.07) is 21.1. The van der Waals surface area contributed by atoms with Gasteiger partial charge in [0.2, 0.25) is 0 Å². The van der Waals surface area contributed by atoms with Crippen molar-refractivity contribution in [3.8, 4) is 11.5 Å². The molecule has 1 fully saturated rings. The lowest BCUT2D eigenvalue weighted by Crippen LogP contribution is -2.54. The van der Waals surface area contributed by atoms with Gasteiger partial charge in [-0.3, -0.25) is 14.9 Å². The minimum atomic E-state index is -0.874. The third kappa shape index (κ3) is 5.13. The van der Waals surface area contributed by atoms with Gasteiger partial charge in [0, 0.05) is 5.56 Å². The van der Waals surface area contributed by atoms with Crippen LogP contribution in [0.25, 0.3) is 16.8 Å². The number of carbonyl (C=O) groups excluding carboxylic acids is 3. The Morgan fingerprint density at radius 3 is 2.51 bits per heavy atom. The van der Waals surface area contributed by atoms with E-state index in [1.807, 2.05) is 19.1 Å². The fourth-order valence-electron chi connectivity index (χ4n) is 4.42. The summed E-state index contributed by atoms with van der Waals surface area (Å²) in [6.45, 7) is 2.34. The quantitative estimate of drug-likeness (QED) is 0.193. The van der Waals surface area contributed by atoms with Crippen LogP contribution in [0.5, 0.6) is 11.5 Å². The van der Waals surface area contributed by atoms with Gasteiger partial charge in [-0.05, 0) is 75.1 Å². The van der Waals surface area contributed by atoms with Gasteiger partial charge in [0.05, 0.1) is 22.3 Å². The van der Waals surface area contributed by atoms with Crippen LogP contribution in [0.3, 0.4) is 0 Å². The topological polar surface area (TPSA) is 84.9 Å². The van der Waals surface area contributed by atoms with E-state index in [2.05, 4.69) is 45.5 Å². The van der Waals surface area contributed by atoms with Gasteiger partial charge in [-0.25, -0.2) is 9.69 Å². The summed E-state index contributed by atoms with van der Waals surface area (Å²) in [5.74, 6) is -0.732. The second-order valence-corrected chi connectivity index (χ2v) is 10.1. The summed E-state index contributed by atoms with van der Waals surface area (Å²) < 4.78 is 12.4. The summed E-state index contributed by atoms with van der Waals surface area (Å²) >= 11 is 9.75. The van der Waals surface area contributed by atoms with Gasteiger partial charge in [-0.15, -0.1) is 0 Å². The molecule has 4 aromatic carbocycles. The monoisotopic (exact) mass is 604 g/mol. The van der Waals surface area contributed by atoms with E-state index in [1.54, 1.807) is 30.3 Å². The molecule has 4 aromatic rings. The molecule has 0 aliphatic carbocycles. The first-order valence-corrected chi connectivity index (χ1v) is 13.1. The molecule has 0 atom stereocenters. The molecule has 1 aliphatic rings. The van der Waals surface area contributed by atoms with Gasteiger partial charge in [-0.2, -0.15) is 0 Å². The fourth-order valence-corrected chi connectivity index (χ4v) is 5.21. The van der Waals surface area contributed by atoms with Gasteiger partial charge in [0.15, 0.2) is 11.5 Å². The zero-order chi connectivity index (χ0) is 27.7. The summed E-state index contributed by atoms with van der Waals surface area (Å²) in [5.41, 5.74) is 2.58. The molecule has 9 heteroatoms. The number of barbiturate groups is 1. The molecule has 1 heterocycles. The summed E-state index contributed by atoms with van der Waals surface area (Å²) in [7, 11) is 1.50. The Morgan fingerprint density at radius 2 is 1.74 bits per heavy atom. The molecule has 0 radical (unpaired) electrons. The van der Waals surface area contributed by atoms with E-state index in [4.69, 9.17) is 21.1 Å². The number of benzene rings is 4. The number of fused-ring (bicyclic) bond motifs is 1. The minimum absolute atomic E-state index is 0.173. The van der Waals surface area contributed by atoms with Crippen LogP contribution in [0.1, 0.15) is 16.7 Å². The second-order valence-electron chi connectivity index (χ2n) is 8.81. The van der Waals surface area contributed by atoms with Gasteiger partial charge in [0.1, 0.15) is 12.2 Å². The lowest BCUT2D eigenvalue weighted by atomic mass is 10.0. The van der Waals surface area contributed by atoms with Crippen LogP contribution in [-0.4, -0.2) is 25.0 Å². The van der Waals surface area contributed by atoms with Crippen molar-refractivity contribution in [1.29, 1.82) is 0 Å². The Labute approximate surface area is 238 Å². The largest absolute Gasteiger partial charge is 0.493 e. The van der Waals surface area contributed by atoms with E-state index in [0.717, 1.165) is 26.8 Å². The smallest absolute Gasteiger partial charge is 0.335 e. The highest BCUT2D eigenvalue weighted by atomic mass is 79.9. The molecule has 0 bridgehead atoms. The normalized spacial score (nSPS) is 14.6. The maximum Gasteiger partial charge on any atom is 0.335 e. The molecule has 0 spiro atoms. The molecular weight excluding hydrogens is 584 g/mol. The molecule has 39 heavy (non-hydrogen) atoms. The summed E-state index contributed by atoms with van der Waals surface area (Å²) in [4.78, 5) is 39.2. The SMILES string of the molecule is COc1cc(/C=C2\C(=O)NC(=O)N(c3ccccc3Cl)C2=O)cc(Br)c1OCc1c(C)ccc2ccccc12. The Morgan fingerprint density at radius 1 is 1.00 bits per heavy atom. The van der Waals surface area contributed by atoms with E-state index in [1.165, 1.54) is 19.3 Å². The first-order valence-electron chi connectivity index (χ1n) is 11.9. The van der Waals surface area contributed by atoms with Crippen LogP contribution in [0.15, 0.2) is 82.8 Å². The van der Waals surface area contributed by atoms with Crippen LogP contribution >= 0.6 is 27.5 Å². The van der Waals surface area contributed by atoms with Crippen LogP contribution in [-0.2, 0) is 16.2 Å². The predicted octanol–water partition coefficient (Wildman–Crippen LogP) is 6.82. The highest BCUT2D eigenvalue weighted by molar-refractivity contribution is 9.10. The molecule has 0 aromatic heterocycles. The number of hydrogen-bond acceptors (Lipinski definition) is 5. The summed E-state index contributed by atoms with van der Waals surface area (Å²) in [5, 5.41) is 4.62. The molecular formula is C30H22BrClN2O5. The highest BCUT2D eigenvalue weighted by Crippen LogP contribution is 2.39. The van der Waals surface area contributed by atoms with Crippen molar-refractivity contribution < 1.29 is 23.9 Å². The van der Waals surface area contributed by atoms with E-state index in [0.29, 0.717) is 28.1 Å². The number of amides is 4. The van der Waals surface area contributed by atoms with E-state index in [9.17, 15) is 14.4 Å². The highest BCUT2D eigenvalue weighted by Gasteiger charge is 2.37. The second kappa shape index (κ2) is 10.9. The Kier molecular flexibility index (Phi) is 7.41. The summed E-state index contributed by atoms with van der Waals surface area (Å²) in [6.07, 6.45) is 1.39. The first kappa shape index (κ1) is 26.5. The van der Waals surface area contributed by atoms with Crippen molar-refractivity contribution in [3.63, 3.8) is 0 Å². The Hall–Kier alpha value is -4.14. The minimum Gasteiger partial charge on any atom is -0.493 e. The number of aryl methyl sites for hydroxylation is 1. The maximum atomic E-state index is 13.3. The van der Waals surface area contributed by atoms with Gasteiger partial charge in [0.25, 0.3) is 11.8 Å². The number of anilines is 1. The number of hydrogen-bond donors (Lipinski definition) is 1. The van der Waals surface area contributed by atoms with E-state index in [-0.39, 0.29) is 16.3 Å². The number of methoxy groups -OCH3 is 1. The van der Waals surface area contributed by atoms with Crippen LogP contribution in [0.4, 0.5) is 10.5 Å². The number of halogens is 2. The van der Waals surface area contributed by atoms with Crippen LogP contribution in [0, 0.1) is 6.92 Å². The maximum absolute atomic E-state index is 13.3. The van der Waals surface area contributed by atoms with Crippen molar-refractivity contribution in [1.82, 2.24) is 5.32 Å². The number of nitrogens with one attached hydrogen (secondary N) is 1. The number of rotatable bonds is 6. The molecule has 5 rings (SSSR count). The number of ether oxygens (including phenoxy) is 2. The molecule has 7 nitrogen and oxygen atoms in total. The standard InChI is InChI=1S/C30H22BrClN2O5/c1-17-11-12-19-7-3-4-8-20(19)22(17)16-39-27-23(31)14-18(15-26(27)38-2)13-21-28(35)33-30(37)34(29(21)36)25-10-6-5-9-24(25)32/h3-15H,16H2,1-2H3,(H,33,35,37)/b21-13+. The van der Waals surface area contributed by atoms with Crippen molar-refractivity contribution in [2.45, 2.75) is 13.5 Å². The van der Waals surface area contributed by atoms with Crippen LogP contribution in [0.2, 0.25) is 5.02 Å². The Balaban J connectivity index is 1.47. The third-order valence-corrected chi connectivity index (χ3v) is 7.30. The average molecular weight is 606 g/mol. The van der Waals surface area contributed by atoms with Gasteiger partial charge in [-0.1, -0.05) is 60.1 Å². The van der Waals surface area contributed by atoms with Crippen molar-refractivity contribution in [2.24, 2.45) is 0 Å². The number of nitrogens with zero attached hydrogens (tertiary/aromatic N) is 1. The molecule has 0 unspecified atom stereocenters. The fraction of sp³-hybridized carbons (Fsp3) is 0.100. The van der Waals surface area contributed by atoms with Crippen molar-refractivity contribution in [3.05, 3.63) is 105 Å². The van der Waals surface area contributed by atoms with Gasteiger partial charge < -0.3 is 9.47 Å². The number of para-hydroxylation sites is 1. The molecule has 1 saturated heterocycles. The molecule has 1 aliphatic heterocycles. The third-order valence-electron chi connectivity index (χ3n) is 6.39. The van der Waals surface area contributed by atoms with E-state index < -0.39 is 17.8 Å². The number of imide groups is 2.